The van der Waals surface area contributed by atoms with Crippen LogP contribution in [0.4, 0.5) is 0 Å². The minimum atomic E-state index is 0.176. The molecule has 0 saturated carbocycles. The average molecular weight is 212 g/mol. The second-order valence-corrected chi connectivity index (χ2v) is 3.81. The zero-order chi connectivity index (χ0) is 11.1. The summed E-state index contributed by atoms with van der Waals surface area (Å²) in [5.41, 5.74) is 1.38. The highest BCUT2D eigenvalue weighted by Crippen LogP contribution is 2.08. The highest BCUT2D eigenvalue weighted by atomic mass is 16.5. The Labute approximate surface area is 91.3 Å². The van der Waals surface area contributed by atoms with Gasteiger partial charge in [-0.05, 0) is 13.3 Å². The van der Waals surface area contributed by atoms with E-state index in [4.69, 9.17) is 4.74 Å². The summed E-state index contributed by atoms with van der Waals surface area (Å²) in [6.45, 7) is 5.51. The molecule has 0 bridgehead atoms. The van der Waals surface area contributed by atoms with Crippen molar-refractivity contribution in [1.82, 2.24) is 10.2 Å². The molecule has 15 heavy (non-hydrogen) atoms. The van der Waals surface area contributed by atoms with Crippen LogP contribution >= 0.6 is 0 Å². The first-order valence-corrected chi connectivity index (χ1v) is 5.37. The molecule has 1 N–H and O–H groups in total. The van der Waals surface area contributed by atoms with Gasteiger partial charge in [0.15, 0.2) is 0 Å². The van der Waals surface area contributed by atoms with Gasteiger partial charge in [-0.15, -0.1) is 0 Å². The van der Waals surface area contributed by atoms with Crippen molar-refractivity contribution < 1.29 is 9.53 Å². The van der Waals surface area contributed by atoms with Crippen LogP contribution in [0.5, 0.6) is 0 Å². The highest BCUT2D eigenvalue weighted by molar-refractivity contribution is 5.78. The fraction of sp³-hybridized carbons (Fsp3) is 0.727. The number of rotatable bonds is 5. The molecule has 1 heterocycles. The van der Waals surface area contributed by atoms with Gasteiger partial charge in [-0.1, -0.05) is 11.6 Å². The van der Waals surface area contributed by atoms with E-state index < -0.39 is 0 Å². The zero-order valence-corrected chi connectivity index (χ0v) is 9.58. The molecule has 0 aromatic heterocycles. The van der Waals surface area contributed by atoms with Crippen LogP contribution < -0.4 is 5.32 Å². The fourth-order valence-corrected chi connectivity index (χ4v) is 1.48. The Morgan fingerprint density at radius 1 is 1.67 bits per heavy atom. The smallest absolute Gasteiger partial charge is 0.236 e. The van der Waals surface area contributed by atoms with E-state index in [1.165, 1.54) is 5.57 Å². The third-order valence-electron chi connectivity index (χ3n) is 2.55. The zero-order valence-electron chi connectivity index (χ0n) is 9.58. The first-order valence-electron chi connectivity index (χ1n) is 5.37. The van der Waals surface area contributed by atoms with E-state index in [0.29, 0.717) is 13.2 Å². The predicted molar refractivity (Wildman–Crippen MR) is 59.7 cm³/mol. The minimum Gasteiger partial charge on any atom is -0.383 e. The van der Waals surface area contributed by atoms with Gasteiger partial charge in [0.05, 0.1) is 13.2 Å². The van der Waals surface area contributed by atoms with Crippen LogP contribution in [0.15, 0.2) is 11.6 Å². The van der Waals surface area contributed by atoms with Gasteiger partial charge in [-0.25, -0.2) is 0 Å². The van der Waals surface area contributed by atoms with Crippen molar-refractivity contribution in [2.75, 3.05) is 39.9 Å². The molecule has 1 aliphatic rings. The van der Waals surface area contributed by atoms with E-state index in [-0.39, 0.29) is 5.91 Å². The summed E-state index contributed by atoms with van der Waals surface area (Å²) < 4.78 is 4.89. The predicted octanol–water partition coefficient (Wildman–Crippen LogP) is 0.401. The van der Waals surface area contributed by atoms with Crippen LogP contribution in [-0.2, 0) is 9.53 Å². The van der Waals surface area contributed by atoms with E-state index in [0.717, 1.165) is 26.1 Å². The maximum Gasteiger partial charge on any atom is 0.236 e. The van der Waals surface area contributed by atoms with Gasteiger partial charge >= 0.3 is 0 Å². The second kappa shape index (κ2) is 6.58. The number of carbonyl (C=O) groups is 1. The molecular formula is C11H20N2O2. The summed E-state index contributed by atoms with van der Waals surface area (Å²) in [5.74, 6) is 0.176. The van der Waals surface area contributed by atoms with E-state index in [1.807, 2.05) is 4.90 Å². The lowest BCUT2D eigenvalue weighted by molar-refractivity contribution is -0.129. The number of hydrogen-bond donors (Lipinski definition) is 1. The molecule has 4 heteroatoms. The quantitative estimate of drug-likeness (QED) is 0.530. The fourth-order valence-electron chi connectivity index (χ4n) is 1.48. The van der Waals surface area contributed by atoms with Gasteiger partial charge in [-0.2, -0.15) is 0 Å². The molecule has 1 amide bonds. The molecule has 0 aromatic rings. The summed E-state index contributed by atoms with van der Waals surface area (Å²) >= 11 is 0. The van der Waals surface area contributed by atoms with Gasteiger partial charge in [0.25, 0.3) is 0 Å². The monoisotopic (exact) mass is 212 g/mol. The van der Waals surface area contributed by atoms with E-state index in [1.54, 1.807) is 7.11 Å². The first kappa shape index (κ1) is 12.2. The molecule has 0 aromatic carbocycles. The second-order valence-electron chi connectivity index (χ2n) is 3.81. The third kappa shape index (κ3) is 4.44. The van der Waals surface area contributed by atoms with Crippen LogP contribution in [0.3, 0.4) is 0 Å². The molecule has 1 aliphatic heterocycles. The van der Waals surface area contributed by atoms with Gasteiger partial charge in [0.1, 0.15) is 0 Å². The van der Waals surface area contributed by atoms with Gasteiger partial charge in [-0.3, -0.25) is 4.79 Å². The number of hydrogen-bond acceptors (Lipinski definition) is 3. The third-order valence-corrected chi connectivity index (χ3v) is 2.55. The number of carbonyl (C=O) groups excluding carboxylic acids is 1. The summed E-state index contributed by atoms with van der Waals surface area (Å²) in [7, 11) is 1.65. The largest absolute Gasteiger partial charge is 0.383 e. The molecule has 0 aliphatic carbocycles. The maximum absolute atomic E-state index is 11.7. The lowest BCUT2D eigenvalue weighted by Crippen LogP contribution is -2.41. The maximum atomic E-state index is 11.7. The summed E-state index contributed by atoms with van der Waals surface area (Å²) in [5, 5.41) is 3.06. The number of methoxy groups -OCH3 is 1. The van der Waals surface area contributed by atoms with Crippen LogP contribution in [0.25, 0.3) is 0 Å². The van der Waals surface area contributed by atoms with Crippen LogP contribution in [0.2, 0.25) is 0 Å². The highest BCUT2D eigenvalue weighted by Gasteiger charge is 2.14. The summed E-state index contributed by atoms with van der Waals surface area (Å²) in [6.07, 6.45) is 3.13. The van der Waals surface area contributed by atoms with Crippen molar-refractivity contribution in [3.05, 3.63) is 11.6 Å². The molecule has 4 nitrogen and oxygen atoms in total. The van der Waals surface area contributed by atoms with Crippen LogP contribution in [0.1, 0.15) is 13.3 Å². The Morgan fingerprint density at radius 3 is 3.07 bits per heavy atom. The SMILES string of the molecule is COCCNCC(=O)N1CC=C(C)CC1. The topological polar surface area (TPSA) is 41.6 Å². The van der Waals surface area contributed by atoms with Crippen molar-refractivity contribution >= 4 is 5.91 Å². The molecule has 0 saturated heterocycles. The molecule has 0 spiro atoms. The summed E-state index contributed by atoms with van der Waals surface area (Å²) in [6, 6.07) is 0. The number of ether oxygens (including phenoxy) is 1. The van der Waals surface area contributed by atoms with E-state index in [9.17, 15) is 4.79 Å². The van der Waals surface area contributed by atoms with E-state index in [2.05, 4.69) is 18.3 Å². The van der Waals surface area contributed by atoms with Gasteiger partial charge in [0, 0.05) is 26.7 Å². The Hall–Kier alpha value is -0.870. The molecule has 1 rings (SSSR count). The molecule has 0 fully saturated rings. The Balaban J connectivity index is 2.17. The molecule has 0 unspecified atom stereocenters. The standard InChI is InChI=1S/C11H20N2O2/c1-10-3-6-13(7-4-10)11(14)9-12-5-8-15-2/h3,12H,4-9H2,1-2H3. The molecule has 0 radical (unpaired) electrons. The Morgan fingerprint density at radius 2 is 2.47 bits per heavy atom. The first-order chi connectivity index (χ1) is 7.24. The molecule has 0 atom stereocenters. The van der Waals surface area contributed by atoms with E-state index >= 15 is 0 Å². The molecule has 86 valence electrons. The summed E-state index contributed by atoms with van der Waals surface area (Å²) in [4.78, 5) is 13.5. The number of nitrogens with zero attached hydrogens (tertiary/aromatic N) is 1. The molecular weight excluding hydrogens is 192 g/mol. The van der Waals surface area contributed by atoms with Crippen LogP contribution in [-0.4, -0.2) is 50.7 Å². The van der Waals surface area contributed by atoms with Gasteiger partial charge in [0.2, 0.25) is 5.91 Å². The van der Waals surface area contributed by atoms with Crippen molar-refractivity contribution in [2.45, 2.75) is 13.3 Å². The lowest BCUT2D eigenvalue weighted by atomic mass is 10.1. The number of amides is 1. The van der Waals surface area contributed by atoms with Crippen molar-refractivity contribution in [2.24, 2.45) is 0 Å². The number of nitrogens with one attached hydrogen (secondary N) is 1. The lowest BCUT2D eigenvalue weighted by Gasteiger charge is -2.25. The van der Waals surface area contributed by atoms with Crippen molar-refractivity contribution in [3.63, 3.8) is 0 Å². The van der Waals surface area contributed by atoms with Crippen molar-refractivity contribution in [3.8, 4) is 0 Å². The Kier molecular flexibility index (Phi) is 5.36. The van der Waals surface area contributed by atoms with Gasteiger partial charge < -0.3 is 15.0 Å². The van der Waals surface area contributed by atoms with Crippen molar-refractivity contribution in [1.29, 1.82) is 0 Å². The van der Waals surface area contributed by atoms with Crippen LogP contribution in [0, 0.1) is 0 Å². The Bertz CT molecular complexity index is 239. The average Bonchev–Trinajstić information content (AvgIpc) is 2.25. The normalized spacial score (nSPS) is 16.4. The minimum absolute atomic E-state index is 0.176.